The minimum Gasteiger partial charge on any atom is -0.384 e. The van der Waals surface area contributed by atoms with Crippen LogP contribution < -0.4 is 10.6 Å². The van der Waals surface area contributed by atoms with E-state index in [0.29, 0.717) is 12.0 Å². The number of anilines is 1. The molecule has 1 saturated carbocycles. The van der Waals surface area contributed by atoms with E-state index in [1.807, 2.05) is 12.1 Å². The Hall–Kier alpha value is -1.51. The van der Waals surface area contributed by atoms with E-state index >= 15 is 0 Å². The second-order valence-electron chi connectivity index (χ2n) is 5.95. The van der Waals surface area contributed by atoms with E-state index in [2.05, 4.69) is 30.9 Å². The van der Waals surface area contributed by atoms with Gasteiger partial charge in [0.1, 0.15) is 5.84 Å². The van der Waals surface area contributed by atoms with Crippen LogP contribution in [0.4, 0.5) is 5.69 Å². The van der Waals surface area contributed by atoms with Crippen LogP contribution in [0.3, 0.4) is 0 Å². The molecule has 1 fully saturated rings. The van der Waals surface area contributed by atoms with Crippen LogP contribution in [0.2, 0.25) is 0 Å². The van der Waals surface area contributed by atoms with Gasteiger partial charge in [-0.2, -0.15) is 0 Å². The van der Waals surface area contributed by atoms with Gasteiger partial charge in [0.25, 0.3) is 0 Å². The number of nitrogens with one attached hydrogen (secondary N) is 1. The highest BCUT2D eigenvalue weighted by Crippen LogP contribution is 2.29. The Morgan fingerprint density at radius 3 is 2.32 bits per heavy atom. The van der Waals surface area contributed by atoms with Crippen molar-refractivity contribution in [3.63, 3.8) is 0 Å². The third-order valence-electron chi connectivity index (χ3n) is 3.84. The van der Waals surface area contributed by atoms with Crippen LogP contribution in [0, 0.1) is 11.3 Å². The zero-order valence-corrected chi connectivity index (χ0v) is 12.0. The molecule has 3 heteroatoms. The number of hydrogen-bond donors (Lipinski definition) is 2. The normalized spacial score (nSPS) is 15.9. The van der Waals surface area contributed by atoms with E-state index in [9.17, 15) is 0 Å². The van der Waals surface area contributed by atoms with Crippen LogP contribution in [0.15, 0.2) is 24.3 Å². The van der Waals surface area contributed by atoms with Crippen LogP contribution >= 0.6 is 0 Å². The van der Waals surface area contributed by atoms with Gasteiger partial charge >= 0.3 is 0 Å². The van der Waals surface area contributed by atoms with Gasteiger partial charge in [-0.05, 0) is 43.0 Å². The maximum atomic E-state index is 7.46. The monoisotopic (exact) mass is 259 g/mol. The number of nitrogens with two attached hydrogens (primary N) is 1. The Morgan fingerprint density at radius 2 is 1.84 bits per heavy atom. The summed E-state index contributed by atoms with van der Waals surface area (Å²) in [6.45, 7) is 5.64. The average Bonchev–Trinajstić information content (AvgIpc) is 2.89. The van der Waals surface area contributed by atoms with Crippen molar-refractivity contribution in [2.75, 3.05) is 11.4 Å². The van der Waals surface area contributed by atoms with Gasteiger partial charge in [0.05, 0.1) is 0 Å². The number of nitrogen functional groups attached to an aromatic ring is 1. The molecule has 1 aliphatic carbocycles. The first-order valence-electron chi connectivity index (χ1n) is 7.29. The molecule has 0 aliphatic heterocycles. The van der Waals surface area contributed by atoms with Gasteiger partial charge in [-0.1, -0.05) is 26.7 Å². The lowest BCUT2D eigenvalue weighted by atomic mass is 10.1. The quantitative estimate of drug-likeness (QED) is 0.629. The summed E-state index contributed by atoms with van der Waals surface area (Å²) in [5.74, 6) is 0.802. The molecule has 0 spiro atoms. The van der Waals surface area contributed by atoms with Crippen molar-refractivity contribution in [3.05, 3.63) is 29.8 Å². The third-order valence-corrected chi connectivity index (χ3v) is 3.84. The number of hydrogen-bond acceptors (Lipinski definition) is 2. The summed E-state index contributed by atoms with van der Waals surface area (Å²) in [7, 11) is 0. The molecule has 1 aromatic carbocycles. The molecule has 0 unspecified atom stereocenters. The molecule has 3 N–H and O–H groups in total. The molecular formula is C16H25N3. The average molecular weight is 259 g/mol. The van der Waals surface area contributed by atoms with Gasteiger partial charge in [0.15, 0.2) is 0 Å². The highest BCUT2D eigenvalue weighted by atomic mass is 15.2. The van der Waals surface area contributed by atoms with Gasteiger partial charge in [-0.25, -0.2) is 0 Å². The van der Waals surface area contributed by atoms with E-state index < -0.39 is 0 Å². The van der Waals surface area contributed by atoms with E-state index in [1.54, 1.807) is 0 Å². The van der Waals surface area contributed by atoms with Crippen molar-refractivity contribution >= 4 is 11.5 Å². The van der Waals surface area contributed by atoms with Crippen LogP contribution in [-0.2, 0) is 0 Å². The fraction of sp³-hybridized carbons (Fsp3) is 0.562. The third kappa shape index (κ3) is 3.49. The highest BCUT2D eigenvalue weighted by molar-refractivity contribution is 5.95. The molecule has 0 amide bonds. The van der Waals surface area contributed by atoms with Crippen LogP contribution in [-0.4, -0.2) is 18.4 Å². The zero-order valence-electron chi connectivity index (χ0n) is 12.0. The lowest BCUT2D eigenvalue weighted by Crippen LogP contribution is -2.36. The second kappa shape index (κ2) is 6.09. The topological polar surface area (TPSA) is 53.1 Å². The van der Waals surface area contributed by atoms with Gasteiger partial charge in [-0.15, -0.1) is 0 Å². The molecule has 0 bridgehead atoms. The molecule has 0 radical (unpaired) electrons. The molecule has 0 heterocycles. The predicted molar refractivity (Wildman–Crippen MR) is 81.9 cm³/mol. The van der Waals surface area contributed by atoms with Gasteiger partial charge in [-0.3, -0.25) is 5.41 Å². The summed E-state index contributed by atoms with van der Waals surface area (Å²) in [6, 6.07) is 8.82. The summed E-state index contributed by atoms with van der Waals surface area (Å²) in [5, 5.41) is 7.46. The van der Waals surface area contributed by atoms with Crippen molar-refractivity contribution in [3.8, 4) is 0 Å². The van der Waals surface area contributed by atoms with E-state index in [-0.39, 0.29) is 5.84 Å². The Morgan fingerprint density at radius 1 is 1.26 bits per heavy atom. The number of rotatable bonds is 5. The van der Waals surface area contributed by atoms with Crippen molar-refractivity contribution in [2.45, 2.75) is 45.6 Å². The Labute approximate surface area is 116 Å². The molecule has 19 heavy (non-hydrogen) atoms. The smallest absolute Gasteiger partial charge is 0.122 e. The number of nitrogens with zero attached hydrogens (tertiary/aromatic N) is 1. The summed E-state index contributed by atoms with van der Waals surface area (Å²) < 4.78 is 0. The van der Waals surface area contributed by atoms with E-state index in [4.69, 9.17) is 11.1 Å². The van der Waals surface area contributed by atoms with Crippen molar-refractivity contribution < 1.29 is 0 Å². The summed E-state index contributed by atoms with van der Waals surface area (Å²) in [6.07, 6.45) is 5.32. The molecule has 0 saturated heterocycles. The Kier molecular flexibility index (Phi) is 4.46. The standard InChI is InChI=1S/C16H25N3/c1-12(2)11-19(14-5-3-4-6-14)15-9-7-13(8-10-15)16(17)18/h7-10,12,14H,3-6,11H2,1-2H3,(H3,17,18). The molecule has 0 aromatic heterocycles. The zero-order chi connectivity index (χ0) is 13.8. The maximum Gasteiger partial charge on any atom is 0.122 e. The maximum absolute atomic E-state index is 7.46. The molecule has 1 aromatic rings. The first kappa shape index (κ1) is 13.9. The second-order valence-corrected chi connectivity index (χ2v) is 5.95. The first-order chi connectivity index (χ1) is 9.08. The van der Waals surface area contributed by atoms with Crippen LogP contribution in [0.1, 0.15) is 45.1 Å². The lowest BCUT2D eigenvalue weighted by molar-refractivity contribution is 0.536. The number of amidine groups is 1. The molecule has 3 nitrogen and oxygen atoms in total. The molecule has 1 aliphatic rings. The Bertz CT molecular complexity index is 416. The van der Waals surface area contributed by atoms with E-state index in [0.717, 1.165) is 12.1 Å². The fourth-order valence-corrected chi connectivity index (χ4v) is 2.91. The molecule has 0 atom stereocenters. The SMILES string of the molecule is CC(C)CN(c1ccc(C(=N)N)cc1)C1CCCC1. The van der Waals surface area contributed by atoms with Crippen LogP contribution in [0.5, 0.6) is 0 Å². The fourth-order valence-electron chi connectivity index (χ4n) is 2.91. The number of benzene rings is 1. The van der Waals surface area contributed by atoms with Crippen molar-refractivity contribution in [1.82, 2.24) is 0 Å². The molecule has 2 rings (SSSR count). The van der Waals surface area contributed by atoms with Gasteiger partial charge in [0, 0.05) is 23.8 Å². The lowest BCUT2D eigenvalue weighted by Gasteiger charge is -2.33. The summed E-state index contributed by atoms with van der Waals surface area (Å²) in [5.41, 5.74) is 7.59. The van der Waals surface area contributed by atoms with Crippen molar-refractivity contribution in [2.24, 2.45) is 11.7 Å². The van der Waals surface area contributed by atoms with Crippen LogP contribution in [0.25, 0.3) is 0 Å². The van der Waals surface area contributed by atoms with E-state index in [1.165, 1.54) is 31.4 Å². The van der Waals surface area contributed by atoms with Crippen molar-refractivity contribution in [1.29, 1.82) is 5.41 Å². The minimum atomic E-state index is 0.142. The Balaban J connectivity index is 2.18. The minimum absolute atomic E-state index is 0.142. The summed E-state index contributed by atoms with van der Waals surface area (Å²) in [4.78, 5) is 2.54. The summed E-state index contributed by atoms with van der Waals surface area (Å²) >= 11 is 0. The largest absolute Gasteiger partial charge is 0.384 e. The van der Waals surface area contributed by atoms with Gasteiger partial charge in [0.2, 0.25) is 0 Å². The van der Waals surface area contributed by atoms with Gasteiger partial charge < -0.3 is 10.6 Å². The highest BCUT2D eigenvalue weighted by Gasteiger charge is 2.23. The first-order valence-corrected chi connectivity index (χ1v) is 7.29. The molecular weight excluding hydrogens is 234 g/mol. The molecule has 104 valence electrons. The predicted octanol–water partition coefficient (Wildman–Crippen LogP) is 3.38.